The molecule has 20 heavy (non-hydrogen) atoms. The zero-order valence-electron chi connectivity index (χ0n) is 13.1. The molecule has 1 rings (SSSR count). The van der Waals surface area contributed by atoms with E-state index in [9.17, 15) is 8.42 Å². The molecule has 0 radical (unpaired) electrons. The Bertz CT molecular complexity index is 523. The van der Waals surface area contributed by atoms with Gasteiger partial charge in [0.15, 0.2) is 9.84 Å². The van der Waals surface area contributed by atoms with Crippen LogP contribution in [0.15, 0.2) is 18.2 Å². The van der Waals surface area contributed by atoms with Gasteiger partial charge in [0, 0.05) is 6.04 Å². The number of hydrogen-bond acceptors (Lipinski definition) is 3. The Balaban J connectivity index is 2.94. The van der Waals surface area contributed by atoms with Crippen molar-refractivity contribution in [3.05, 3.63) is 34.9 Å². The average molecular weight is 297 g/mol. The topological polar surface area (TPSA) is 46.2 Å². The first-order valence-corrected chi connectivity index (χ1v) is 9.22. The molecular formula is C16H27NO2S. The molecule has 0 saturated carbocycles. The van der Waals surface area contributed by atoms with Crippen LogP contribution in [-0.2, 0) is 9.84 Å². The molecule has 0 bridgehead atoms. The molecule has 0 spiro atoms. The number of sulfone groups is 1. The monoisotopic (exact) mass is 297 g/mol. The summed E-state index contributed by atoms with van der Waals surface area (Å²) in [5.74, 6) is 0.473. The molecule has 1 N–H and O–H groups in total. The van der Waals surface area contributed by atoms with Crippen LogP contribution in [0.3, 0.4) is 0 Å². The van der Waals surface area contributed by atoms with Crippen LogP contribution in [0.4, 0.5) is 0 Å². The summed E-state index contributed by atoms with van der Waals surface area (Å²) in [6.07, 6.45) is 1.66. The van der Waals surface area contributed by atoms with Gasteiger partial charge in [0.1, 0.15) is 0 Å². The maximum atomic E-state index is 12.2. The van der Waals surface area contributed by atoms with Crippen LogP contribution in [0, 0.1) is 13.8 Å². The molecule has 1 aromatic rings. The Morgan fingerprint density at radius 3 is 2.45 bits per heavy atom. The summed E-state index contributed by atoms with van der Waals surface area (Å²) in [5.41, 5.74) is 3.45. The summed E-state index contributed by atoms with van der Waals surface area (Å²) >= 11 is 0. The smallest absolute Gasteiger partial charge is 0.152 e. The predicted octanol–water partition coefficient (Wildman–Crippen LogP) is 3.17. The third-order valence-electron chi connectivity index (χ3n) is 3.48. The van der Waals surface area contributed by atoms with E-state index in [2.05, 4.69) is 18.3 Å². The lowest BCUT2D eigenvalue weighted by molar-refractivity contribution is 0.556. The molecular weight excluding hydrogens is 270 g/mol. The maximum Gasteiger partial charge on any atom is 0.152 e. The number of hydrogen-bond donors (Lipinski definition) is 1. The third-order valence-corrected chi connectivity index (χ3v) is 5.23. The highest BCUT2D eigenvalue weighted by Gasteiger charge is 2.21. The van der Waals surface area contributed by atoms with E-state index in [0.717, 1.165) is 30.5 Å². The lowest BCUT2D eigenvalue weighted by Crippen LogP contribution is -2.29. The van der Waals surface area contributed by atoms with Crippen molar-refractivity contribution in [1.29, 1.82) is 0 Å². The second kappa shape index (κ2) is 7.79. The highest BCUT2D eigenvalue weighted by molar-refractivity contribution is 7.91. The van der Waals surface area contributed by atoms with E-state index in [-0.39, 0.29) is 17.5 Å². The third kappa shape index (κ3) is 5.25. The number of nitrogens with one attached hydrogen (secondary N) is 1. The van der Waals surface area contributed by atoms with Gasteiger partial charge in [0.2, 0.25) is 0 Å². The number of rotatable bonds is 8. The largest absolute Gasteiger partial charge is 0.309 e. The minimum absolute atomic E-state index is 0.109. The summed E-state index contributed by atoms with van der Waals surface area (Å²) in [6, 6.07) is 6.10. The second-order valence-corrected chi connectivity index (χ2v) is 7.67. The van der Waals surface area contributed by atoms with E-state index in [1.807, 2.05) is 32.9 Å². The lowest BCUT2D eigenvalue weighted by atomic mass is 10.0. The fourth-order valence-electron chi connectivity index (χ4n) is 2.42. The van der Waals surface area contributed by atoms with E-state index in [1.165, 1.54) is 5.56 Å². The molecule has 0 saturated heterocycles. The van der Waals surface area contributed by atoms with Gasteiger partial charge in [-0.2, -0.15) is 0 Å². The van der Waals surface area contributed by atoms with Crippen molar-refractivity contribution in [2.45, 2.75) is 46.6 Å². The second-order valence-electron chi connectivity index (χ2n) is 5.44. The number of benzene rings is 1. The summed E-state index contributed by atoms with van der Waals surface area (Å²) in [6.45, 7) is 8.89. The molecule has 0 amide bonds. The molecule has 0 aliphatic rings. The standard InChI is InChI=1S/C16H27NO2S/c1-5-7-10-20(18,19)12-16(17-6-2)15-9-8-13(3)11-14(15)4/h8-9,11,16-17H,5-7,10,12H2,1-4H3. The summed E-state index contributed by atoms with van der Waals surface area (Å²) in [4.78, 5) is 0. The average Bonchev–Trinajstić information content (AvgIpc) is 2.36. The van der Waals surface area contributed by atoms with Gasteiger partial charge < -0.3 is 5.32 Å². The highest BCUT2D eigenvalue weighted by Crippen LogP contribution is 2.21. The first-order chi connectivity index (χ1) is 9.39. The van der Waals surface area contributed by atoms with E-state index >= 15 is 0 Å². The van der Waals surface area contributed by atoms with Gasteiger partial charge in [-0.15, -0.1) is 0 Å². The normalized spacial score (nSPS) is 13.4. The first kappa shape index (κ1) is 17.2. The molecule has 1 aromatic carbocycles. The quantitative estimate of drug-likeness (QED) is 0.801. The molecule has 114 valence electrons. The van der Waals surface area contributed by atoms with Crippen LogP contribution < -0.4 is 5.32 Å². The minimum Gasteiger partial charge on any atom is -0.309 e. The van der Waals surface area contributed by atoms with Crippen molar-refractivity contribution >= 4 is 9.84 Å². The predicted molar refractivity (Wildman–Crippen MR) is 85.9 cm³/mol. The Morgan fingerprint density at radius 1 is 1.20 bits per heavy atom. The fourth-order valence-corrected chi connectivity index (χ4v) is 4.12. The van der Waals surface area contributed by atoms with Gasteiger partial charge in [-0.25, -0.2) is 8.42 Å². The summed E-state index contributed by atoms with van der Waals surface area (Å²) in [7, 11) is -3.00. The van der Waals surface area contributed by atoms with Gasteiger partial charge in [0.05, 0.1) is 11.5 Å². The molecule has 1 atom stereocenters. The maximum absolute atomic E-state index is 12.2. The molecule has 0 heterocycles. The van der Waals surface area contributed by atoms with Crippen molar-refractivity contribution in [1.82, 2.24) is 5.32 Å². The molecule has 4 heteroatoms. The van der Waals surface area contributed by atoms with E-state index in [0.29, 0.717) is 0 Å². The van der Waals surface area contributed by atoms with Crippen LogP contribution in [0.1, 0.15) is 49.4 Å². The summed E-state index contributed by atoms with van der Waals surface area (Å²) in [5, 5.41) is 3.31. The van der Waals surface area contributed by atoms with Crippen molar-refractivity contribution in [2.75, 3.05) is 18.1 Å². The zero-order chi connectivity index (χ0) is 15.2. The SMILES string of the molecule is CCCCS(=O)(=O)CC(NCC)c1ccc(C)cc1C. The zero-order valence-corrected chi connectivity index (χ0v) is 13.9. The Hall–Kier alpha value is -0.870. The molecule has 1 unspecified atom stereocenters. The number of aryl methyl sites for hydroxylation is 2. The van der Waals surface area contributed by atoms with Crippen LogP contribution >= 0.6 is 0 Å². The van der Waals surface area contributed by atoms with Crippen molar-refractivity contribution in [2.24, 2.45) is 0 Å². The van der Waals surface area contributed by atoms with E-state index < -0.39 is 9.84 Å². The van der Waals surface area contributed by atoms with Crippen LogP contribution in [0.25, 0.3) is 0 Å². The fraction of sp³-hybridized carbons (Fsp3) is 0.625. The molecule has 0 aliphatic heterocycles. The van der Waals surface area contributed by atoms with Crippen molar-refractivity contribution in [3.8, 4) is 0 Å². The highest BCUT2D eigenvalue weighted by atomic mass is 32.2. The van der Waals surface area contributed by atoms with Gasteiger partial charge >= 0.3 is 0 Å². The Morgan fingerprint density at radius 2 is 1.90 bits per heavy atom. The molecule has 0 aliphatic carbocycles. The molecule has 0 aromatic heterocycles. The van der Waals surface area contributed by atoms with E-state index in [4.69, 9.17) is 0 Å². The van der Waals surface area contributed by atoms with Gasteiger partial charge in [-0.05, 0) is 37.9 Å². The molecule has 3 nitrogen and oxygen atoms in total. The van der Waals surface area contributed by atoms with E-state index in [1.54, 1.807) is 0 Å². The van der Waals surface area contributed by atoms with Crippen LogP contribution in [0.2, 0.25) is 0 Å². The van der Waals surface area contributed by atoms with Gasteiger partial charge in [0.25, 0.3) is 0 Å². The van der Waals surface area contributed by atoms with Crippen LogP contribution in [-0.4, -0.2) is 26.5 Å². The van der Waals surface area contributed by atoms with Gasteiger partial charge in [-0.3, -0.25) is 0 Å². The lowest BCUT2D eigenvalue weighted by Gasteiger charge is -2.20. The molecule has 0 fully saturated rings. The van der Waals surface area contributed by atoms with Gasteiger partial charge in [-0.1, -0.05) is 44.0 Å². The first-order valence-electron chi connectivity index (χ1n) is 7.40. The number of unbranched alkanes of at least 4 members (excludes halogenated alkanes) is 1. The Labute approximate surface area is 123 Å². The van der Waals surface area contributed by atoms with Crippen molar-refractivity contribution in [3.63, 3.8) is 0 Å². The van der Waals surface area contributed by atoms with Crippen LogP contribution in [0.5, 0.6) is 0 Å². The Kier molecular flexibility index (Phi) is 6.69. The minimum atomic E-state index is -3.00. The summed E-state index contributed by atoms with van der Waals surface area (Å²) < 4.78 is 24.4. The van der Waals surface area contributed by atoms with Crippen molar-refractivity contribution < 1.29 is 8.42 Å².